The molecule has 188 valence electrons. The van der Waals surface area contributed by atoms with E-state index in [9.17, 15) is 18.5 Å². The standard InChI is InChI=1S/C31H20N4O3S/c32-19-23-10-4-6-14-27(23)28-17-24(21-34(31(28)36)25-11-8-16-33-20-25)30-18-22-9-5-7-15-29(22)35(30)39(37,38)26-12-2-1-3-13-26/h1-18,20-21H. The Bertz CT molecular complexity index is 2060. The van der Waals surface area contributed by atoms with Crippen molar-refractivity contribution >= 4 is 20.9 Å². The summed E-state index contributed by atoms with van der Waals surface area (Å²) in [7, 11) is -4.01. The van der Waals surface area contributed by atoms with E-state index in [4.69, 9.17) is 0 Å². The molecule has 3 heterocycles. The summed E-state index contributed by atoms with van der Waals surface area (Å²) in [6.07, 6.45) is 4.78. The molecule has 0 bridgehead atoms. The third-order valence-corrected chi connectivity index (χ3v) is 8.26. The van der Waals surface area contributed by atoms with Gasteiger partial charge in [0.05, 0.1) is 39.6 Å². The van der Waals surface area contributed by atoms with E-state index in [1.165, 1.54) is 8.54 Å². The Morgan fingerprint density at radius 2 is 1.54 bits per heavy atom. The summed E-state index contributed by atoms with van der Waals surface area (Å²) in [5, 5.41) is 10.5. The molecule has 6 rings (SSSR count). The molecule has 0 radical (unpaired) electrons. The first-order valence-electron chi connectivity index (χ1n) is 12.1. The SMILES string of the molecule is N#Cc1ccccc1-c1cc(-c2cc3ccccc3n2S(=O)(=O)c2ccccc2)cn(-c2cccnc2)c1=O. The van der Waals surface area contributed by atoms with Gasteiger partial charge in [-0.2, -0.15) is 5.26 Å². The average molecular weight is 529 g/mol. The van der Waals surface area contributed by atoms with Gasteiger partial charge in [0, 0.05) is 34.5 Å². The highest BCUT2D eigenvalue weighted by atomic mass is 32.2. The van der Waals surface area contributed by atoms with Gasteiger partial charge in [-0.25, -0.2) is 12.4 Å². The van der Waals surface area contributed by atoms with Crippen LogP contribution < -0.4 is 5.56 Å². The van der Waals surface area contributed by atoms with E-state index in [1.807, 2.05) is 12.1 Å². The van der Waals surface area contributed by atoms with E-state index in [0.29, 0.717) is 33.6 Å². The van der Waals surface area contributed by atoms with Crippen LogP contribution in [-0.4, -0.2) is 21.9 Å². The van der Waals surface area contributed by atoms with Crippen LogP contribution in [0.1, 0.15) is 5.56 Å². The monoisotopic (exact) mass is 528 g/mol. The predicted molar refractivity (Wildman–Crippen MR) is 150 cm³/mol. The predicted octanol–water partition coefficient (Wildman–Crippen LogP) is 5.63. The van der Waals surface area contributed by atoms with Crippen LogP contribution in [0.15, 0.2) is 131 Å². The van der Waals surface area contributed by atoms with E-state index in [-0.39, 0.29) is 16.0 Å². The largest absolute Gasteiger partial charge is 0.282 e. The second-order valence-corrected chi connectivity index (χ2v) is 10.6. The van der Waals surface area contributed by atoms with Crippen molar-refractivity contribution in [2.45, 2.75) is 4.90 Å². The topological polar surface area (TPSA) is 97.8 Å². The fraction of sp³-hybridized carbons (Fsp3) is 0. The minimum absolute atomic E-state index is 0.142. The molecule has 0 N–H and O–H groups in total. The molecule has 0 saturated carbocycles. The fourth-order valence-corrected chi connectivity index (χ4v) is 6.26. The summed E-state index contributed by atoms with van der Waals surface area (Å²) in [6, 6.07) is 31.4. The summed E-state index contributed by atoms with van der Waals surface area (Å²) in [5.41, 5.74) is 2.58. The Labute approximate surface area is 224 Å². The number of benzene rings is 3. The van der Waals surface area contributed by atoms with Crippen LogP contribution >= 0.6 is 0 Å². The van der Waals surface area contributed by atoms with Crippen LogP contribution in [0.5, 0.6) is 0 Å². The Morgan fingerprint density at radius 3 is 2.31 bits per heavy atom. The third kappa shape index (κ3) is 4.11. The van der Waals surface area contributed by atoms with Crippen molar-refractivity contribution in [2.24, 2.45) is 0 Å². The summed E-state index contributed by atoms with van der Waals surface area (Å²) in [6.45, 7) is 0. The smallest absolute Gasteiger partial charge is 0.268 e. The molecule has 0 saturated heterocycles. The highest BCUT2D eigenvalue weighted by Gasteiger charge is 2.25. The van der Waals surface area contributed by atoms with Gasteiger partial charge in [0.25, 0.3) is 15.6 Å². The van der Waals surface area contributed by atoms with Crippen molar-refractivity contribution in [3.05, 3.63) is 138 Å². The summed E-state index contributed by atoms with van der Waals surface area (Å²) in [5.74, 6) is 0. The first-order valence-corrected chi connectivity index (χ1v) is 13.5. The molecule has 3 aromatic carbocycles. The van der Waals surface area contributed by atoms with Crippen molar-refractivity contribution < 1.29 is 8.42 Å². The Morgan fingerprint density at radius 1 is 0.795 bits per heavy atom. The lowest BCUT2D eigenvalue weighted by molar-refractivity contribution is 0.589. The molecule has 0 atom stereocenters. The second-order valence-electron chi connectivity index (χ2n) is 8.86. The van der Waals surface area contributed by atoms with Crippen molar-refractivity contribution in [1.82, 2.24) is 13.5 Å². The number of pyridine rings is 2. The van der Waals surface area contributed by atoms with Crippen molar-refractivity contribution in [3.63, 3.8) is 0 Å². The van der Waals surface area contributed by atoms with Gasteiger partial charge in [-0.1, -0.05) is 54.6 Å². The molecule has 3 aromatic heterocycles. The van der Waals surface area contributed by atoms with Gasteiger partial charge in [0.15, 0.2) is 0 Å². The Kier molecular flexibility index (Phi) is 5.91. The molecule has 8 heteroatoms. The first-order chi connectivity index (χ1) is 19.0. The number of para-hydroxylation sites is 1. The highest BCUT2D eigenvalue weighted by molar-refractivity contribution is 7.90. The molecular formula is C31H20N4O3S. The molecule has 0 aliphatic rings. The van der Waals surface area contributed by atoms with Gasteiger partial charge in [-0.3, -0.25) is 14.3 Å². The van der Waals surface area contributed by atoms with Crippen LogP contribution in [-0.2, 0) is 10.0 Å². The van der Waals surface area contributed by atoms with Gasteiger partial charge in [0.1, 0.15) is 0 Å². The van der Waals surface area contributed by atoms with E-state index in [2.05, 4.69) is 11.1 Å². The summed E-state index contributed by atoms with van der Waals surface area (Å²) in [4.78, 5) is 18.1. The summed E-state index contributed by atoms with van der Waals surface area (Å²) >= 11 is 0. The van der Waals surface area contributed by atoms with E-state index >= 15 is 0 Å². The van der Waals surface area contributed by atoms with E-state index in [0.717, 1.165) is 5.39 Å². The van der Waals surface area contributed by atoms with Gasteiger partial charge in [0.2, 0.25) is 0 Å². The van der Waals surface area contributed by atoms with Crippen LogP contribution in [0.2, 0.25) is 0 Å². The lowest BCUT2D eigenvalue weighted by Gasteiger charge is -2.16. The quantitative estimate of drug-likeness (QED) is 0.289. The maximum absolute atomic E-state index is 14.0. The summed E-state index contributed by atoms with van der Waals surface area (Å²) < 4.78 is 30.8. The Hall–Kier alpha value is -5.26. The van der Waals surface area contributed by atoms with Gasteiger partial charge < -0.3 is 0 Å². The molecule has 0 aliphatic carbocycles. The number of rotatable bonds is 5. The molecule has 6 aromatic rings. The van der Waals surface area contributed by atoms with E-state index < -0.39 is 10.0 Å². The van der Waals surface area contributed by atoms with Gasteiger partial charge in [-0.15, -0.1) is 0 Å². The minimum atomic E-state index is -4.01. The first kappa shape index (κ1) is 24.1. The number of aromatic nitrogens is 3. The van der Waals surface area contributed by atoms with Crippen molar-refractivity contribution in [1.29, 1.82) is 5.26 Å². The van der Waals surface area contributed by atoms with Crippen molar-refractivity contribution in [2.75, 3.05) is 0 Å². The number of hydrogen-bond donors (Lipinski definition) is 0. The molecule has 39 heavy (non-hydrogen) atoms. The molecular weight excluding hydrogens is 508 g/mol. The zero-order chi connectivity index (χ0) is 27.0. The van der Waals surface area contributed by atoms with Crippen LogP contribution in [0.3, 0.4) is 0 Å². The number of nitrogens with zero attached hydrogens (tertiary/aromatic N) is 4. The molecule has 0 spiro atoms. The van der Waals surface area contributed by atoms with Gasteiger partial charge in [-0.05, 0) is 48.5 Å². The molecule has 0 amide bonds. The fourth-order valence-electron chi connectivity index (χ4n) is 4.71. The number of fused-ring (bicyclic) bond motifs is 1. The van der Waals surface area contributed by atoms with E-state index in [1.54, 1.807) is 110 Å². The maximum atomic E-state index is 14.0. The van der Waals surface area contributed by atoms with Crippen LogP contribution in [0, 0.1) is 11.3 Å². The lowest BCUT2D eigenvalue weighted by Crippen LogP contribution is -2.21. The second kappa shape index (κ2) is 9.56. The van der Waals surface area contributed by atoms with Crippen molar-refractivity contribution in [3.8, 4) is 34.1 Å². The number of hydrogen-bond acceptors (Lipinski definition) is 5. The third-order valence-electron chi connectivity index (χ3n) is 6.52. The zero-order valence-electron chi connectivity index (χ0n) is 20.5. The molecule has 0 aliphatic heterocycles. The molecule has 7 nitrogen and oxygen atoms in total. The van der Waals surface area contributed by atoms with Gasteiger partial charge >= 0.3 is 0 Å². The molecule has 0 unspecified atom stereocenters. The number of nitriles is 1. The Balaban J connectivity index is 1.72. The van der Waals surface area contributed by atoms with Crippen LogP contribution in [0.4, 0.5) is 0 Å². The minimum Gasteiger partial charge on any atom is -0.282 e. The highest BCUT2D eigenvalue weighted by Crippen LogP contribution is 2.34. The molecule has 0 fully saturated rings. The van der Waals surface area contributed by atoms with Crippen LogP contribution in [0.25, 0.3) is 39.0 Å². The normalized spacial score (nSPS) is 11.4. The average Bonchev–Trinajstić information content (AvgIpc) is 3.39. The zero-order valence-corrected chi connectivity index (χ0v) is 21.3. The maximum Gasteiger partial charge on any atom is 0.268 e. The lowest BCUT2D eigenvalue weighted by atomic mass is 9.99.